The number of nitrogens with zero attached hydrogens (tertiary/aromatic N) is 3. The highest BCUT2D eigenvalue weighted by atomic mass is 16.3. The van der Waals surface area contributed by atoms with Gasteiger partial charge < -0.3 is 15.3 Å². The van der Waals surface area contributed by atoms with Crippen LogP contribution in [-0.2, 0) is 25.0 Å². The topological polar surface area (TPSA) is 127 Å². The van der Waals surface area contributed by atoms with E-state index in [0.29, 0.717) is 38.9 Å². The zero-order valence-corrected chi connectivity index (χ0v) is 28.6. The lowest BCUT2D eigenvalue weighted by molar-refractivity contribution is 0.402. The Morgan fingerprint density at radius 1 is 0.574 bits per heavy atom. The molecule has 0 saturated heterocycles. The van der Waals surface area contributed by atoms with Crippen LogP contribution in [0.5, 0.6) is 17.2 Å². The maximum Gasteiger partial charge on any atom is 0.336 e. The summed E-state index contributed by atoms with van der Waals surface area (Å²) in [5.41, 5.74) is 3.45. The lowest BCUT2D eigenvalue weighted by atomic mass is 9.78. The van der Waals surface area contributed by atoms with Crippen molar-refractivity contribution in [2.75, 3.05) is 0 Å². The molecule has 5 rings (SSSR count). The van der Waals surface area contributed by atoms with Crippen LogP contribution in [0.2, 0.25) is 0 Å². The van der Waals surface area contributed by atoms with Crippen molar-refractivity contribution in [1.29, 1.82) is 0 Å². The van der Waals surface area contributed by atoms with Crippen molar-refractivity contribution in [3.05, 3.63) is 118 Å². The summed E-state index contributed by atoms with van der Waals surface area (Å²) >= 11 is 0. The molecule has 47 heavy (non-hydrogen) atoms. The molecule has 0 atom stereocenters. The number of phenols is 3. The lowest BCUT2D eigenvalue weighted by Gasteiger charge is -2.28. The lowest BCUT2D eigenvalue weighted by Crippen LogP contribution is -2.54. The van der Waals surface area contributed by atoms with E-state index >= 15 is 0 Å². The Kier molecular flexibility index (Phi) is 9.31. The molecule has 0 unspecified atom stereocenters. The fraction of sp³-hybridized carbons (Fsp3) is 0.447. The van der Waals surface area contributed by atoms with Gasteiger partial charge in [-0.05, 0) is 108 Å². The number of aryl methyl sites for hydroxylation is 4. The third kappa shape index (κ3) is 6.80. The van der Waals surface area contributed by atoms with Gasteiger partial charge in [0.25, 0.3) is 0 Å². The van der Waals surface area contributed by atoms with Crippen LogP contribution in [0.3, 0.4) is 0 Å². The molecule has 9 nitrogen and oxygen atoms in total. The Bertz CT molecular complexity index is 1880. The van der Waals surface area contributed by atoms with E-state index in [1.807, 2.05) is 32.9 Å². The maximum atomic E-state index is 14.1. The van der Waals surface area contributed by atoms with Crippen LogP contribution in [0.15, 0.2) is 50.8 Å². The maximum absolute atomic E-state index is 14.1. The van der Waals surface area contributed by atoms with Crippen molar-refractivity contribution in [3.63, 3.8) is 0 Å². The quantitative estimate of drug-likeness (QED) is 0.227. The molecule has 1 fully saturated rings. The molecule has 3 N–H and O–H groups in total. The number of aromatic hydroxyl groups is 3. The first-order valence-corrected chi connectivity index (χ1v) is 16.5. The van der Waals surface area contributed by atoms with E-state index in [2.05, 4.69) is 0 Å². The van der Waals surface area contributed by atoms with Gasteiger partial charge in [-0.3, -0.25) is 0 Å². The fourth-order valence-electron chi connectivity index (χ4n) is 7.02. The Labute approximate surface area is 275 Å². The van der Waals surface area contributed by atoms with Crippen molar-refractivity contribution < 1.29 is 15.3 Å². The predicted octanol–water partition coefficient (Wildman–Crippen LogP) is 6.01. The smallest absolute Gasteiger partial charge is 0.336 e. The van der Waals surface area contributed by atoms with Gasteiger partial charge >= 0.3 is 17.1 Å². The molecular formula is C38H47N3O6. The molecule has 3 aromatic carbocycles. The average Bonchev–Trinajstić information content (AvgIpc) is 3.01. The second-order valence-electron chi connectivity index (χ2n) is 14.4. The van der Waals surface area contributed by atoms with Crippen LogP contribution in [0, 0.1) is 27.7 Å². The molecule has 1 aromatic heterocycles. The van der Waals surface area contributed by atoms with Crippen LogP contribution in [0.1, 0.15) is 109 Å². The molecule has 1 aliphatic rings. The summed E-state index contributed by atoms with van der Waals surface area (Å²) in [7, 11) is 0. The molecule has 0 amide bonds. The zero-order chi connectivity index (χ0) is 34.4. The highest BCUT2D eigenvalue weighted by Gasteiger charge is 2.27. The van der Waals surface area contributed by atoms with E-state index in [4.69, 9.17) is 0 Å². The summed E-state index contributed by atoms with van der Waals surface area (Å²) in [5.74, 6) is 0.766. The van der Waals surface area contributed by atoms with Crippen LogP contribution >= 0.6 is 0 Å². The number of aromatic nitrogens is 3. The van der Waals surface area contributed by atoms with E-state index in [-0.39, 0.29) is 42.8 Å². The monoisotopic (exact) mass is 641 g/mol. The Morgan fingerprint density at radius 2 is 0.936 bits per heavy atom. The molecule has 1 aliphatic carbocycles. The number of hydrogen-bond donors (Lipinski definition) is 3. The molecule has 4 aromatic rings. The SMILES string of the molecule is Cc1cc(Cn2c(=O)n(Cc3cc(C)c(O)c(C)c3)c(=O)n(Cc3cc(C4CCCCC4)c(O)c(C(C)(C)C)c3)c2=O)cc(C)c1O. The normalized spacial score (nSPS) is 14.1. The van der Waals surface area contributed by atoms with Crippen molar-refractivity contribution in [2.45, 2.75) is 112 Å². The number of phenolic OH excluding ortho intramolecular Hbond substituents is 3. The largest absolute Gasteiger partial charge is 0.507 e. The molecule has 1 saturated carbocycles. The van der Waals surface area contributed by atoms with Gasteiger partial charge in [0.1, 0.15) is 17.2 Å². The summed E-state index contributed by atoms with van der Waals surface area (Å²) in [6.07, 6.45) is 5.27. The Hall–Kier alpha value is -4.53. The minimum absolute atomic E-state index is 0.0811. The number of hydrogen-bond acceptors (Lipinski definition) is 6. The van der Waals surface area contributed by atoms with Crippen molar-refractivity contribution in [2.24, 2.45) is 0 Å². The predicted molar refractivity (Wildman–Crippen MR) is 184 cm³/mol. The molecule has 0 bridgehead atoms. The molecular weight excluding hydrogens is 594 g/mol. The van der Waals surface area contributed by atoms with Crippen LogP contribution in [0.4, 0.5) is 0 Å². The van der Waals surface area contributed by atoms with E-state index in [0.717, 1.165) is 50.5 Å². The van der Waals surface area contributed by atoms with Crippen molar-refractivity contribution in [1.82, 2.24) is 13.7 Å². The Balaban J connectivity index is 1.70. The van der Waals surface area contributed by atoms with E-state index in [9.17, 15) is 29.7 Å². The van der Waals surface area contributed by atoms with Gasteiger partial charge in [0.05, 0.1) is 19.6 Å². The van der Waals surface area contributed by atoms with E-state index < -0.39 is 22.5 Å². The van der Waals surface area contributed by atoms with Crippen molar-refractivity contribution >= 4 is 0 Å². The number of benzene rings is 3. The van der Waals surface area contributed by atoms with E-state index in [1.54, 1.807) is 52.0 Å². The average molecular weight is 642 g/mol. The van der Waals surface area contributed by atoms with Gasteiger partial charge in [-0.25, -0.2) is 28.1 Å². The summed E-state index contributed by atoms with van der Waals surface area (Å²) in [5, 5.41) is 32.1. The first-order valence-electron chi connectivity index (χ1n) is 16.5. The Morgan fingerprint density at radius 3 is 1.30 bits per heavy atom. The summed E-state index contributed by atoms with van der Waals surface area (Å²) in [4.78, 5) is 42.2. The minimum atomic E-state index is -0.744. The third-order valence-corrected chi connectivity index (χ3v) is 9.56. The van der Waals surface area contributed by atoms with Gasteiger partial charge in [-0.15, -0.1) is 0 Å². The zero-order valence-electron chi connectivity index (χ0n) is 28.6. The van der Waals surface area contributed by atoms with Gasteiger partial charge in [0, 0.05) is 0 Å². The van der Waals surface area contributed by atoms with E-state index in [1.165, 1.54) is 6.42 Å². The first-order chi connectivity index (χ1) is 22.1. The standard InChI is InChI=1S/C38H47N3O6/c1-22-13-26(14-23(2)32(22)42)19-39-35(45)40(20-27-15-24(3)33(43)25(4)16-27)37(47)41(36(39)46)21-28-17-30(29-11-9-8-10-12-29)34(44)31(18-28)38(5,6)7/h13-18,29,42-44H,8-12,19-21H2,1-7H3. The first kappa shape index (κ1) is 33.8. The fourth-order valence-corrected chi connectivity index (χ4v) is 7.02. The van der Waals surface area contributed by atoms with Crippen LogP contribution in [-0.4, -0.2) is 29.0 Å². The number of rotatable bonds is 7. The summed E-state index contributed by atoms with van der Waals surface area (Å²) in [6, 6.07) is 10.7. The summed E-state index contributed by atoms with van der Waals surface area (Å²) in [6.45, 7) is 12.8. The third-order valence-electron chi connectivity index (χ3n) is 9.56. The highest BCUT2D eigenvalue weighted by Crippen LogP contribution is 2.42. The molecule has 250 valence electrons. The summed E-state index contributed by atoms with van der Waals surface area (Å²) < 4.78 is 3.24. The second kappa shape index (κ2) is 12.9. The van der Waals surface area contributed by atoms with Gasteiger partial charge in [0.15, 0.2) is 0 Å². The highest BCUT2D eigenvalue weighted by molar-refractivity contribution is 5.49. The second-order valence-corrected chi connectivity index (χ2v) is 14.4. The molecule has 0 aliphatic heterocycles. The van der Waals surface area contributed by atoms with Gasteiger partial charge in [-0.1, -0.05) is 70.4 Å². The van der Waals surface area contributed by atoms with Crippen molar-refractivity contribution in [3.8, 4) is 17.2 Å². The van der Waals surface area contributed by atoms with Crippen LogP contribution < -0.4 is 17.1 Å². The van der Waals surface area contributed by atoms with Gasteiger partial charge in [0.2, 0.25) is 0 Å². The van der Waals surface area contributed by atoms with Gasteiger partial charge in [-0.2, -0.15) is 0 Å². The molecule has 9 heteroatoms. The van der Waals surface area contributed by atoms with Crippen LogP contribution in [0.25, 0.3) is 0 Å². The molecule has 0 spiro atoms. The minimum Gasteiger partial charge on any atom is -0.507 e. The molecule has 1 heterocycles. The molecule has 0 radical (unpaired) electrons.